The van der Waals surface area contributed by atoms with Crippen molar-refractivity contribution in [1.29, 1.82) is 0 Å². The molecule has 1 fully saturated rings. The van der Waals surface area contributed by atoms with Crippen LogP contribution in [0, 0.1) is 0 Å². The third-order valence-corrected chi connectivity index (χ3v) is 7.31. The molecule has 1 heterocycles. The summed E-state index contributed by atoms with van der Waals surface area (Å²) >= 11 is 18.1. The van der Waals surface area contributed by atoms with Crippen LogP contribution in [0.15, 0.2) is 47.4 Å². The highest BCUT2D eigenvalue weighted by molar-refractivity contribution is 7.89. The summed E-state index contributed by atoms with van der Waals surface area (Å²) in [5.41, 5.74) is 0.585. The molecular formula is C18H17Cl3N2O3S. The number of hydrogen-bond acceptors (Lipinski definition) is 3. The highest BCUT2D eigenvalue weighted by atomic mass is 35.5. The molecule has 3 rings (SSSR count). The van der Waals surface area contributed by atoms with E-state index in [9.17, 15) is 13.2 Å². The van der Waals surface area contributed by atoms with Crippen LogP contribution in [-0.4, -0.2) is 49.7 Å². The molecule has 27 heavy (non-hydrogen) atoms. The summed E-state index contributed by atoms with van der Waals surface area (Å²) in [7, 11) is -3.61. The Morgan fingerprint density at radius 3 is 2.00 bits per heavy atom. The lowest BCUT2D eigenvalue weighted by molar-refractivity contribution is -0.131. The highest BCUT2D eigenvalue weighted by Crippen LogP contribution is 2.26. The topological polar surface area (TPSA) is 57.7 Å². The Morgan fingerprint density at radius 1 is 0.889 bits per heavy atom. The van der Waals surface area contributed by atoms with Gasteiger partial charge in [-0.15, -0.1) is 0 Å². The molecule has 0 bridgehead atoms. The summed E-state index contributed by atoms with van der Waals surface area (Å²) in [4.78, 5) is 14.4. The standard InChI is InChI=1S/C18H17Cl3N2O3S/c19-13-4-6-14(7-5-13)27(25,26)23-10-8-22(9-11-23)18(24)12-15-16(20)2-1-3-17(15)21/h1-7H,8-12H2. The maximum Gasteiger partial charge on any atom is 0.243 e. The Kier molecular flexibility index (Phi) is 6.33. The number of amides is 1. The molecule has 0 radical (unpaired) electrons. The van der Waals surface area contributed by atoms with Gasteiger partial charge in [0.15, 0.2) is 0 Å². The molecule has 1 saturated heterocycles. The van der Waals surface area contributed by atoms with Gasteiger partial charge in [0.05, 0.1) is 11.3 Å². The Bertz CT molecular complexity index is 921. The molecule has 0 aliphatic carbocycles. The largest absolute Gasteiger partial charge is 0.340 e. The Morgan fingerprint density at radius 2 is 1.44 bits per heavy atom. The number of rotatable bonds is 4. The lowest BCUT2D eigenvalue weighted by Crippen LogP contribution is -2.50. The molecule has 1 aliphatic rings. The average Bonchev–Trinajstić information content (AvgIpc) is 2.65. The summed E-state index contributed by atoms with van der Waals surface area (Å²) < 4.78 is 26.8. The normalized spacial score (nSPS) is 15.7. The Balaban J connectivity index is 1.64. The van der Waals surface area contributed by atoms with E-state index < -0.39 is 10.0 Å². The third-order valence-electron chi connectivity index (χ3n) is 4.43. The number of hydrogen-bond donors (Lipinski definition) is 0. The summed E-state index contributed by atoms with van der Waals surface area (Å²) in [6.07, 6.45) is 0.0858. The fourth-order valence-corrected chi connectivity index (χ4v) is 4.98. The van der Waals surface area contributed by atoms with Crippen LogP contribution in [0.4, 0.5) is 0 Å². The molecule has 2 aromatic carbocycles. The maximum atomic E-state index is 12.7. The molecule has 9 heteroatoms. The molecule has 2 aromatic rings. The summed E-state index contributed by atoms with van der Waals surface area (Å²) in [6.45, 7) is 1.08. The Hall–Kier alpha value is -1.31. The summed E-state index contributed by atoms with van der Waals surface area (Å²) in [6, 6.07) is 11.1. The van der Waals surface area contributed by atoms with Crippen LogP contribution in [0.25, 0.3) is 0 Å². The van der Waals surface area contributed by atoms with E-state index in [-0.39, 0.29) is 30.3 Å². The maximum absolute atomic E-state index is 12.7. The molecule has 0 atom stereocenters. The monoisotopic (exact) mass is 446 g/mol. The number of carbonyl (C=O) groups is 1. The van der Waals surface area contributed by atoms with E-state index >= 15 is 0 Å². The minimum atomic E-state index is -3.61. The van der Waals surface area contributed by atoms with Gasteiger partial charge in [-0.3, -0.25) is 4.79 Å². The first-order valence-corrected chi connectivity index (χ1v) is 10.8. The van der Waals surface area contributed by atoms with Crippen molar-refractivity contribution in [3.05, 3.63) is 63.1 Å². The zero-order chi connectivity index (χ0) is 19.6. The summed E-state index contributed by atoms with van der Waals surface area (Å²) in [5, 5.41) is 1.36. The Labute approximate surface area is 173 Å². The first-order valence-electron chi connectivity index (χ1n) is 8.25. The lowest BCUT2D eigenvalue weighted by Gasteiger charge is -2.34. The van der Waals surface area contributed by atoms with Gasteiger partial charge < -0.3 is 4.90 Å². The van der Waals surface area contributed by atoms with Crippen molar-refractivity contribution in [2.75, 3.05) is 26.2 Å². The van der Waals surface area contributed by atoms with E-state index in [1.807, 2.05) is 0 Å². The van der Waals surface area contributed by atoms with E-state index in [4.69, 9.17) is 34.8 Å². The molecule has 0 aromatic heterocycles. The van der Waals surface area contributed by atoms with Gasteiger partial charge in [-0.25, -0.2) is 8.42 Å². The van der Waals surface area contributed by atoms with Crippen LogP contribution >= 0.6 is 34.8 Å². The molecule has 0 unspecified atom stereocenters. The number of carbonyl (C=O) groups excluding carboxylic acids is 1. The van der Waals surface area contributed by atoms with E-state index in [0.717, 1.165) is 0 Å². The number of sulfonamides is 1. The van der Waals surface area contributed by atoms with Crippen molar-refractivity contribution < 1.29 is 13.2 Å². The number of nitrogens with zero attached hydrogens (tertiary/aromatic N) is 2. The van der Waals surface area contributed by atoms with Gasteiger partial charge in [0.1, 0.15) is 0 Å². The van der Waals surface area contributed by atoms with Crippen LogP contribution in [0.1, 0.15) is 5.56 Å². The molecule has 0 saturated carbocycles. The second kappa shape index (κ2) is 8.37. The van der Waals surface area contributed by atoms with Crippen LogP contribution in [0.5, 0.6) is 0 Å². The van der Waals surface area contributed by atoms with E-state index in [1.54, 1.807) is 35.2 Å². The average molecular weight is 448 g/mol. The molecule has 1 amide bonds. The molecule has 5 nitrogen and oxygen atoms in total. The van der Waals surface area contributed by atoms with Gasteiger partial charge in [0, 0.05) is 41.2 Å². The molecular weight excluding hydrogens is 431 g/mol. The van der Waals surface area contributed by atoms with E-state index in [2.05, 4.69) is 0 Å². The first-order chi connectivity index (χ1) is 12.8. The van der Waals surface area contributed by atoms with E-state index in [1.165, 1.54) is 16.4 Å². The van der Waals surface area contributed by atoms with Crippen LogP contribution in [0.2, 0.25) is 15.1 Å². The number of benzene rings is 2. The fourth-order valence-electron chi connectivity index (χ4n) is 2.90. The predicted molar refractivity (Wildman–Crippen MR) is 107 cm³/mol. The van der Waals surface area contributed by atoms with Gasteiger partial charge in [-0.2, -0.15) is 4.31 Å². The van der Waals surface area contributed by atoms with Crippen molar-refractivity contribution in [2.45, 2.75) is 11.3 Å². The SMILES string of the molecule is O=C(Cc1c(Cl)cccc1Cl)N1CCN(S(=O)(=O)c2ccc(Cl)cc2)CC1. The van der Waals surface area contributed by atoms with Crippen molar-refractivity contribution in [3.63, 3.8) is 0 Å². The zero-order valence-electron chi connectivity index (χ0n) is 14.2. The minimum Gasteiger partial charge on any atom is -0.340 e. The van der Waals surface area contributed by atoms with Crippen LogP contribution < -0.4 is 0 Å². The van der Waals surface area contributed by atoms with E-state index in [0.29, 0.717) is 33.7 Å². The van der Waals surface area contributed by atoms with Crippen molar-refractivity contribution in [1.82, 2.24) is 9.21 Å². The first kappa shape index (κ1) is 20.4. The molecule has 0 N–H and O–H groups in total. The second-order valence-corrected chi connectivity index (χ2v) is 9.30. The predicted octanol–water partition coefficient (Wildman–Crippen LogP) is 3.72. The summed E-state index contributed by atoms with van der Waals surface area (Å²) in [5.74, 6) is -0.131. The molecule has 0 spiro atoms. The lowest BCUT2D eigenvalue weighted by atomic mass is 10.1. The van der Waals surface area contributed by atoms with Gasteiger partial charge in [-0.05, 0) is 42.0 Å². The molecule has 144 valence electrons. The van der Waals surface area contributed by atoms with Crippen molar-refractivity contribution in [3.8, 4) is 0 Å². The highest BCUT2D eigenvalue weighted by Gasteiger charge is 2.30. The van der Waals surface area contributed by atoms with Crippen LogP contribution in [0.3, 0.4) is 0 Å². The van der Waals surface area contributed by atoms with Gasteiger partial charge in [0.2, 0.25) is 15.9 Å². The second-order valence-electron chi connectivity index (χ2n) is 6.12. The smallest absolute Gasteiger partial charge is 0.243 e. The van der Waals surface area contributed by atoms with Gasteiger partial charge in [-0.1, -0.05) is 40.9 Å². The number of halogens is 3. The number of piperazine rings is 1. The quantitative estimate of drug-likeness (QED) is 0.718. The minimum absolute atomic E-state index is 0.0858. The van der Waals surface area contributed by atoms with Crippen LogP contribution in [-0.2, 0) is 21.2 Å². The van der Waals surface area contributed by atoms with Crippen molar-refractivity contribution >= 4 is 50.7 Å². The fraction of sp³-hybridized carbons (Fsp3) is 0.278. The molecule has 1 aliphatic heterocycles. The van der Waals surface area contributed by atoms with Gasteiger partial charge >= 0.3 is 0 Å². The third kappa shape index (κ3) is 4.58. The van der Waals surface area contributed by atoms with Crippen molar-refractivity contribution in [2.24, 2.45) is 0 Å². The van der Waals surface area contributed by atoms with Gasteiger partial charge in [0.25, 0.3) is 0 Å². The zero-order valence-corrected chi connectivity index (χ0v) is 17.3.